The van der Waals surface area contributed by atoms with Crippen LogP contribution in [0.1, 0.15) is 38.5 Å². The van der Waals surface area contributed by atoms with Crippen LogP contribution in [-0.2, 0) is 4.74 Å². The van der Waals surface area contributed by atoms with Crippen LogP contribution in [0.25, 0.3) is 0 Å². The zero-order chi connectivity index (χ0) is 8.18. The fraction of sp³-hybridized carbons (Fsp3) is 1.00. The van der Waals surface area contributed by atoms with Gasteiger partial charge in [0.25, 0.3) is 0 Å². The summed E-state index contributed by atoms with van der Waals surface area (Å²) in [6.07, 6.45) is 7.47. The first-order chi connectivity index (χ1) is 5.81. The van der Waals surface area contributed by atoms with E-state index in [1.54, 1.807) is 0 Å². The van der Waals surface area contributed by atoms with Gasteiger partial charge in [0.05, 0.1) is 12.2 Å². The summed E-state index contributed by atoms with van der Waals surface area (Å²) in [7, 11) is 0. The molecule has 0 aromatic carbocycles. The van der Waals surface area contributed by atoms with E-state index in [0.29, 0.717) is 6.10 Å². The molecule has 0 bridgehead atoms. The van der Waals surface area contributed by atoms with Crippen molar-refractivity contribution in [1.29, 1.82) is 0 Å². The molecule has 0 radical (unpaired) electrons. The molecule has 1 aliphatic heterocycles. The number of aliphatic hydroxyl groups is 1. The fourth-order valence-electron chi connectivity index (χ4n) is 3.29. The standard InChI is InChI=1S/C10H16O2/c11-8-5-4-7-2-1-3-9-10(7,6-8)12-9/h7-9,11H,1-6H2. The van der Waals surface area contributed by atoms with Crippen LogP contribution in [0.4, 0.5) is 0 Å². The van der Waals surface area contributed by atoms with Crippen molar-refractivity contribution in [2.45, 2.75) is 56.3 Å². The fourth-order valence-corrected chi connectivity index (χ4v) is 3.29. The van der Waals surface area contributed by atoms with Gasteiger partial charge < -0.3 is 9.84 Å². The first-order valence-corrected chi connectivity index (χ1v) is 5.17. The van der Waals surface area contributed by atoms with Crippen LogP contribution in [0.5, 0.6) is 0 Å². The van der Waals surface area contributed by atoms with Crippen molar-refractivity contribution in [1.82, 2.24) is 0 Å². The number of hydrogen-bond acceptors (Lipinski definition) is 2. The third-order valence-electron chi connectivity index (χ3n) is 3.96. The topological polar surface area (TPSA) is 32.8 Å². The highest BCUT2D eigenvalue weighted by atomic mass is 16.6. The summed E-state index contributed by atoms with van der Waals surface area (Å²) < 4.78 is 5.78. The molecule has 0 aromatic heterocycles. The van der Waals surface area contributed by atoms with E-state index in [4.69, 9.17) is 4.74 Å². The molecule has 2 saturated carbocycles. The predicted octanol–water partition coefficient (Wildman–Crippen LogP) is 1.47. The Morgan fingerprint density at radius 2 is 2.08 bits per heavy atom. The normalized spacial score (nSPS) is 57.2. The van der Waals surface area contributed by atoms with Crippen molar-refractivity contribution in [3.05, 3.63) is 0 Å². The zero-order valence-electron chi connectivity index (χ0n) is 7.33. The van der Waals surface area contributed by atoms with Crippen LogP contribution in [0, 0.1) is 5.92 Å². The van der Waals surface area contributed by atoms with Gasteiger partial charge in [-0.1, -0.05) is 6.42 Å². The average molecular weight is 168 g/mol. The predicted molar refractivity (Wildman–Crippen MR) is 44.8 cm³/mol. The van der Waals surface area contributed by atoms with E-state index < -0.39 is 0 Å². The molecule has 2 heteroatoms. The molecule has 3 fully saturated rings. The van der Waals surface area contributed by atoms with Crippen LogP contribution < -0.4 is 0 Å². The van der Waals surface area contributed by atoms with Crippen molar-refractivity contribution < 1.29 is 9.84 Å². The minimum Gasteiger partial charge on any atom is -0.393 e. The molecule has 4 unspecified atom stereocenters. The van der Waals surface area contributed by atoms with Gasteiger partial charge in [-0.25, -0.2) is 0 Å². The Morgan fingerprint density at radius 3 is 3.00 bits per heavy atom. The van der Waals surface area contributed by atoms with Gasteiger partial charge >= 0.3 is 0 Å². The molecule has 1 N–H and O–H groups in total. The highest BCUT2D eigenvalue weighted by Crippen LogP contribution is 2.57. The molecule has 4 atom stereocenters. The second-order valence-electron chi connectivity index (χ2n) is 4.62. The van der Waals surface area contributed by atoms with Crippen molar-refractivity contribution in [2.75, 3.05) is 0 Å². The molecule has 1 heterocycles. The third-order valence-corrected chi connectivity index (χ3v) is 3.96. The molecule has 2 nitrogen and oxygen atoms in total. The molecular weight excluding hydrogens is 152 g/mol. The third kappa shape index (κ3) is 0.826. The minimum absolute atomic E-state index is 0.0793. The van der Waals surface area contributed by atoms with E-state index >= 15 is 0 Å². The molecule has 3 rings (SSSR count). The van der Waals surface area contributed by atoms with Gasteiger partial charge in [0.2, 0.25) is 0 Å². The van der Waals surface area contributed by atoms with Gasteiger partial charge in [0.15, 0.2) is 0 Å². The van der Waals surface area contributed by atoms with Crippen molar-refractivity contribution in [3.63, 3.8) is 0 Å². The Hall–Kier alpha value is -0.0800. The van der Waals surface area contributed by atoms with Crippen LogP contribution in [0.2, 0.25) is 0 Å². The number of rotatable bonds is 0. The summed E-state index contributed by atoms with van der Waals surface area (Å²) in [5.74, 6) is 0.777. The first kappa shape index (κ1) is 7.34. The van der Waals surface area contributed by atoms with Gasteiger partial charge in [0, 0.05) is 6.42 Å². The van der Waals surface area contributed by atoms with E-state index in [0.717, 1.165) is 18.8 Å². The van der Waals surface area contributed by atoms with Gasteiger partial charge in [-0.2, -0.15) is 0 Å². The van der Waals surface area contributed by atoms with E-state index in [1.807, 2.05) is 0 Å². The minimum atomic E-state index is -0.0793. The average Bonchev–Trinajstić information content (AvgIpc) is 2.74. The second kappa shape index (κ2) is 2.24. The van der Waals surface area contributed by atoms with Crippen LogP contribution >= 0.6 is 0 Å². The molecule has 3 aliphatic rings. The summed E-state index contributed by atoms with van der Waals surface area (Å²) in [4.78, 5) is 0. The molecule has 68 valence electrons. The lowest BCUT2D eigenvalue weighted by atomic mass is 9.70. The Labute approximate surface area is 72.9 Å². The summed E-state index contributed by atoms with van der Waals surface area (Å²) >= 11 is 0. The molecule has 12 heavy (non-hydrogen) atoms. The maximum Gasteiger partial charge on any atom is 0.100 e. The molecule has 0 aromatic rings. The Kier molecular flexibility index (Phi) is 1.37. The Balaban J connectivity index is 1.82. The lowest BCUT2D eigenvalue weighted by Gasteiger charge is -2.34. The number of aliphatic hydroxyl groups excluding tert-OH is 1. The molecule has 0 amide bonds. The van der Waals surface area contributed by atoms with Crippen molar-refractivity contribution in [3.8, 4) is 0 Å². The van der Waals surface area contributed by atoms with Gasteiger partial charge in [-0.3, -0.25) is 0 Å². The number of hydrogen-bond donors (Lipinski definition) is 1. The lowest BCUT2D eigenvalue weighted by molar-refractivity contribution is 0.0409. The van der Waals surface area contributed by atoms with Gasteiger partial charge in [-0.05, 0) is 31.6 Å². The highest BCUT2D eigenvalue weighted by Gasteiger charge is 2.63. The SMILES string of the molecule is OC1CCC2CCCC3OC23C1. The van der Waals surface area contributed by atoms with E-state index in [9.17, 15) is 5.11 Å². The zero-order valence-corrected chi connectivity index (χ0v) is 7.33. The van der Waals surface area contributed by atoms with Crippen LogP contribution in [0.3, 0.4) is 0 Å². The van der Waals surface area contributed by atoms with Gasteiger partial charge in [0.1, 0.15) is 5.60 Å². The van der Waals surface area contributed by atoms with Crippen LogP contribution in [-0.4, -0.2) is 22.9 Å². The summed E-state index contributed by atoms with van der Waals surface area (Å²) in [5.41, 5.74) is 0.163. The summed E-state index contributed by atoms with van der Waals surface area (Å²) in [5, 5.41) is 9.56. The maximum absolute atomic E-state index is 9.56. The van der Waals surface area contributed by atoms with E-state index in [-0.39, 0.29) is 11.7 Å². The molecule has 2 aliphatic carbocycles. The van der Waals surface area contributed by atoms with Crippen molar-refractivity contribution in [2.24, 2.45) is 5.92 Å². The largest absolute Gasteiger partial charge is 0.393 e. The number of ether oxygens (including phenoxy) is 1. The summed E-state index contributed by atoms with van der Waals surface area (Å²) in [6.45, 7) is 0. The molecular formula is C10H16O2. The molecule has 1 saturated heterocycles. The smallest absolute Gasteiger partial charge is 0.100 e. The lowest BCUT2D eigenvalue weighted by Crippen LogP contribution is -2.39. The highest BCUT2D eigenvalue weighted by molar-refractivity contribution is 5.12. The van der Waals surface area contributed by atoms with E-state index in [2.05, 4.69) is 0 Å². The van der Waals surface area contributed by atoms with E-state index in [1.165, 1.54) is 25.7 Å². The van der Waals surface area contributed by atoms with Crippen molar-refractivity contribution >= 4 is 0 Å². The maximum atomic E-state index is 9.56. The Bertz CT molecular complexity index is 204. The monoisotopic (exact) mass is 168 g/mol. The van der Waals surface area contributed by atoms with Crippen LogP contribution in [0.15, 0.2) is 0 Å². The second-order valence-corrected chi connectivity index (χ2v) is 4.62. The molecule has 1 spiro atoms. The quantitative estimate of drug-likeness (QED) is 0.555. The summed E-state index contributed by atoms with van der Waals surface area (Å²) in [6, 6.07) is 0. The van der Waals surface area contributed by atoms with Gasteiger partial charge in [-0.15, -0.1) is 0 Å². The Morgan fingerprint density at radius 1 is 1.17 bits per heavy atom. The number of epoxide rings is 1. The first-order valence-electron chi connectivity index (χ1n) is 5.17.